The topological polar surface area (TPSA) is 12.9 Å². The summed E-state index contributed by atoms with van der Waals surface area (Å²) in [4.78, 5) is 4.14. The fraction of sp³-hybridized carbons (Fsp3) is 0. The Morgan fingerprint density at radius 1 is 1.55 bits per heavy atom. The van der Waals surface area contributed by atoms with Gasteiger partial charge in [-0.3, -0.25) is 0 Å². The molecule has 11 heavy (non-hydrogen) atoms. The predicted octanol–water partition coefficient (Wildman–Crippen LogP) is 2.90. The molecule has 0 spiro atoms. The summed E-state index contributed by atoms with van der Waals surface area (Å²) in [5.74, 6) is 0. The van der Waals surface area contributed by atoms with Gasteiger partial charge in [-0.25, -0.2) is 4.98 Å². The van der Waals surface area contributed by atoms with Gasteiger partial charge in [-0.15, -0.1) is 11.3 Å². The Hall–Kier alpha value is -1.15. The number of allylic oxidation sites excluding steroid dienone is 4. The van der Waals surface area contributed by atoms with E-state index < -0.39 is 0 Å². The summed E-state index contributed by atoms with van der Waals surface area (Å²) >= 11 is 1.58. The second-order valence-corrected chi connectivity index (χ2v) is 2.65. The lowest BCUT2D eigenvalue weighted by atomic mass is 10.2. The van der Waals surface area contributed by atoms with Gasteiger partial charge >= 0.3 is 0 Å². The molecule has 0 saturated carbocycles. The first-order valence-electron chi connectivity index (χ1n) is 3.22. The van der Waals surface area contributed by atoms with Crippen molar-refractivity contribution >= 4 is 16.9 Å². The van der Waals surface area contributed by atoms with Crippen LogP contribution in [-0.2, 0) is 0 Å². The fourth-order valence-corrected chi connectivity index (χ4v) is 1.30. The van der Waals surface area contributed by atoms with E-state index in [1.165, 1.54) is 0 Å². The van der Waals surface area contributed by atoms with Crippen LogP contribution >= 0.6 is 11.3 Å². The van der Waals surface area contributed by atoms with Crippen LogP contribution in [0.1, 0.15) is 5.69 Å². The second kappa shape index (κ2) is 3.88. The lowest BCUT2D eigenvalue weighted by Crippen LogP contribution is -1.77. The molecule has 0 bridgehead atoms. The molecule has 0 aliphatic carbocycles. The molecule has 0 aliphatic heterocycles. The Labute approximate surface area is 70.4 Å². The SMILES string of the molecule is C=CC=C(C=C)c1cscn1. The van der Waals surface area contributed by atoms with Gasteiger partial charge < -0.3 is 0 Å². The van der Waals surface area contributed by atoms with Crippen LogP contribution in [0.5, 0.6) is 0 Å². The average molecular weight is 163 g/mol. The summed E-state index contributed by atoms with van der Waals surface area (Å²) < 4.78 is 0. The number of hydrogen-bond acceptors (Lipinski definition) is 2. The van der Waals surface area contributed by atoms with E-state index in [1.54, 1.807) is 29.0 Å². The highest BCUT2D eigenvalue weighted by atomic mass is 32.1. The number of aromatic nitrogens is 1. The van der Waals surface area contributed by atoms with Crippen LogP contribution in [0.2, 0.25) is 0 Å². The van der Waals surface area contributed by atoms with E-state index in [9.17, 15) is 0 Å². The highest BCUT2D eigenvalue weighted by Crippen LogP contribution is 2.14. The molecule has 0 unspecified atom stereocenters. The lowest BCUT2D eigenvalue weighted by Gasteiger charge is -1.92. The molecule has 0 atom stereocenters. The minimum atomic E-state index is 0.963. The Bertz CT molecular complexity index is 270. The number of nitrogens with zero attached hydrogens (tertiary/aromatic N) is 1. The average Bonchev–Trinajstić information content (AvgIpc) is 2.52. The van der Waals surface area contributed by atoms with E-state index in [0.717, 1.165) is 11.3 Å². The van der Waals surface area contributed by atoms with Gasteiger partial charge in [0.25, 0.3) is 0 Å². The predicted molar refractivity (Wildman–Crippen MR) is 50.5 cm³/mol. The zero-order valence-corrected chi connectivity index (χ0v) is 6.97. The molecule has 1 aromatic rings. The minimum absolute atomic E-state index is 0.963. The van der Waals surface area contributed by atoms with Crippen LogP contribution in [0.25, 0.3) is 5.57 Å². The first-order valence-corrected chi connectivity index (χ1v) is 4.16. The largest absolute Gasteiger partial charge is 0.245 e. The molecule has 0 saturated heterocycles. The second-order valence-electron chi connectivity index (χ2n) is 1.94. The summed E-state index contributed by atoms with van der Waals surface area (Å²) in [6, 6.07) is 0. The molecule has 56 valence electrons. The molecule has 0 amide bonds. The third-order valence-corrected chi connectivity index (χ3v) is 1.83. The van der Waals surface area contributed by atoms with Gasteiger partial charge in [-0.05, 0) is 0 Å². The summed E-state index contributed by atoms with van der Waals surface area (Å²) in [7, 11) is 0. The summed E-state index contributed by atoms with van der Waals surface area (Å²) in [5.41, 5.74) is 3.78. The number of thiazole rings is 1. The van der Waals surface area contributed by atoms with Crippen LogP contribution in [-0.4, -0.2) is 4.98 Å². The Balaban J connectivity index is 2.97. The van der Waals surface area contributed by atoms with Crippen LogP contribution in [0.4, 0.5) is 0 Å². The Morgan fingerprint density at radius 3 is 2.82 bits per heavy atom. The van der Waals surface area contributed by atoms with Crippen molar-refractivity contribution in [1.29, 1.82) is 0 Å². The van der Waals surface area contributed by atoms with Crippen LogP contribution in [0.15, 0.2) is 42.3 Å². The van der Waals surface area contributed by atoms with Crippen molar-refractivity contribution in [1.82, 2.24) is 4.98 Å². The highest BCUT2D eigenvalue weighted by Gasteiger charge is 1.95. The van der Waals surface area contributed by atoms with Gasteiger partial charge in [-0.2, -0.15) is 0 Å². The quantitative estimate of drug-likeness (QED) is 0.624. The molecule has 0 aliphatic rings. The minimum Gasteiger partial charge on any atom is -0.245 e. The highest BCUT2D eigenvalue weighted by molar-refractivity contribution is 7.07. The zero-order valence-electron chi connectivity index (χ0n) is 6.16. The Kier molecular flexibility index (Phi) is 2.81. The number of rotatable bonds is 3. The summed E-state index contributed by atoms with van der Waals surface area (Å²) in [6.45, 7) is 7.29. The van der Waals surface area contributed by atoms with Gasteiger partial charge in [0.2, 0.25) is 0 Å². The molecule has 1 rings (SSSR count). The molecule has 2 heteroatoms. The Morgan fingerprint density at radius 2 is 2.36 bits per heavy atom. The molecule has 0 aromatic carbocycles. The van der Waals surface area contributed by atoms with E-state index >= 15 is 0 Å². The molecule has 0 N–H and O–H groups in total. The van der Waals surface area contributed by atoms with Crippen molar-refractivity contribution in [3.05, 3.63) is 48.0 Å². The van der Waals surface area contributed by atoms with Crippen LogP contribution in [0.3, 0.4) is 0 Å². The third kappa shape index (κ3) is 1.88. The first-order chi connectivity index (χ1) is 5.38. The molecule has 0 fully saturated rings. The van der Waals surface area contributed by atoms with E-state index in [2.05, 4.69) is 18.1 Å². The van der Waals surface area contributed by atoms with Crippen molar-refractivity contribution in [3.63, 3.8) is 0 Å². The van der Waals surface area contributed by atoms with Gasteiger partial charge in [-0.1, -0.05) is 31.4 Å². The van der Waals surface area contributed by atoms with Gasteiger partial charge in [0.15, 0.2) is 0 Å². The van der Waals surface area contributed by atoms with E-state index in [-0.39, 0.29) is 0 Å². The molecule has 0 radical (unpaired) electrons. The normalized spacial score (nSPS) is 11.1. The lowest BCUT2D eigenvalue weighted by molar-refractivity contribution is 1.36. The molecule has 1 heterocycles. The van der Waals surface area contributed by atoms with Crippen molar-refractivity contribution < 1.29 is 0 Å². The fourth-order valence-electron chi connectivity index (χ4n) is 0.740. The van der Waals surface area contributed by atoms with E-state index in [0.29, 0.717) is 0 Å². The maximum atomic E-state index is 4.14. The van der Waals surface area contributed by atoms with Crippen LogP contribution in [0, 0.1) is 0 Å². The van der Waals surface area contributed by atoms with Gasteiger partial charge in [0, 0.05) is 11.0 Å². The molecule has 1 aromatic heterocycles. The zero-order chi connectivity index (χ0) is 8.10. The molecule has 1 nitrogen and oxygen atoms in total. The van der Waals surface area contributed by atoms with Crippen molar-refractivity contribution in [2.24, 2.45) is 0 Å². The smallest absolute Gasteiger partial charge is 0.0810 e. The monoisotopic (exact) mass is 163 g/mol. The standard InChI is InChI=1S/C9H9NS/c1-3-5-8(4-2)9-6-11-7-10-9/h3-7H,1-2H2. The maximum Gasteiger partial charge on any atom is 0.0810 e. The summed E-state index contributed by atoms with van der Waals surface area (Å²) in [5, 5.41) is 1.98. The summed E-state index contributed by atoms with van der Waals surface area (Å²) in [6.07, 6.45) is 5.40. The van der Waals surface area contributed by atoms with Crippen LogP contribution < -0.4 is 0 Å². The van der Waals surface area contributed by atoms with Crippen molar-refractivity contribution in [2.75, 3.05) is 0 Å². The van der Waals surface area contributed by atoms with E-state index in [4.69, 9.17) is 0 Å². The van der Waals surface area contributed by atoms with Crippen molar-refractivity contribution in [3.8, 4) is 0 Å². The first kappa shape index (κ1) is 7.95. The van der Waals surface area contributed by atoms with Gasteiger partial charge in [0.1, 0.15) is 0 Å². The molecular formula is C9H9NS. The molecular weight excluding hydrogens is 154 g/mol. The number of hydrogen-bond donors (Lipinski definition) is 0. The van der Waals surface area contributed by atoms with Crippen molar-refractivity contribution in [2.45, 2.75) is 0 Å². The van der Waals surface area contributed by atoms with Gasteiger partial charge in [0.05, 0.1) is 11.2 Å². The maximum absolute atomic E-state index is 4.14. The third-order valence-electron chi connectivity index (χ3n) is 1.25. The van der Waals surface area contributed by atoms with E-state index in [1.807, 2.05) is 11.5 Å².